The van der Waals surface area contributed by atoms with E-state index < -0.39 is 0 Å². The lowest BCUT2D eigenvalue weighted by molar-refractivity contribution is 0.0537. The summed E-state index contributed by atoms with van der Waals surface area (Å²) in [4.78, 5) is 34.0. The summed E-state index contributed by atoms with van der Waals surface area (Å²) >= 11 is 1.44. The lowest BCUT2D eigenvalue weighted by Gasteiger charge is -2.34. The molecule has 0 saturated carbocycles. The minimum absolute atomic E-state index is 0.0301. The molecule has 2 heterocycles. The van der Waals surface area contributed by atoms with Gasteiger partial charge in [-0.25, -0.2) is 4.98 Å². The molecule has 1 aliphatic rings. The second-order valence-corrected chi connectivity index (χ2v) is 7.49. The molecule has 5 nitrogen and oxygen atoms in total. The Labute approximate surface area is 152 Å². The van der Waals surface area contributed by atoms with E-state index in [2.05, 4.69) is 11.9 Å². The van der Waals surface area contributed by atoms with Gasteiger partial charge >= 0.3 is 0 Å². The summed E-state index contributed by atoms with van der Waals surface area (Å²) in [6.45, 7) is 8.14. The molecule has 2 amide bonds. The van der Waals surface area contributed by atoms with Crippen molar-refractivity contribution in [1.29, 1.82) is 0 Å². The molecule has 3 rings (SSSR count). The number of aryl methyl sites for hydroxylation is 3. The minimum atomic E-state index is 0.0301. The highest BCUT2D eigenvalue weighted by molar-refractivity contribution is 7.13. The SMILES string of the molecule is CCc1ccc(C(=O)N2CCN(C(=O)c3sc(C)nc3C)CC2)cc1. The average Bonchev–Trinajstić information content (AvgIpc) is 2.99. The van der Waals surface area contributed by atoms with Gasteiger partial charge in [0, 0.05) is 31.7 Å². The van der Waals surface area contributed by atoms with Gasteiger partial charge in [-0.05, 0) is 38.0 Å². The molecule has 2 aromatic rings. The van der Waals surface area contributed by atoms with Gasteiger partial charge in [-0.1, -0.05) is 19.1 Å². The van der Waals surface area contributed by atoms with Gasteiger partial charge in [-0.3, -0.25) is 9.59 Å². The van der Waals surface area contributed by atoms with E-state index in [0.29, 0.717) is 36.6 Å². The number of hydrogen-bond acceptors (Lipinski definition) is 4. The van der Waals surface area contributed by atoms with Crippen LogP contribution in [-0.2, 0) is 6.42 Å². The first kappa shape index (κ1) is 17.6. The summed E-state index contributed by atoms with van der Waals surface area (Å²) in [5, 5.41) is 0.908. The van der Waals surface area contributed by atoms with Gasteiger partial charge in [0.1, 0.15) is 4.88 Å². The molecule has 0 N–H and O–H groups in total. The number of carbonyl (C=O) groups excluding carboxylic acids is 2. The van der Waals surface area contributed by atoms with E-state index in [1.54, 1.807) is 0 Å². The van der Waals surface area contributed by atoms with Crippen molar-refractivity contribution >= 4 is 23.2 Å². The van der Waals surface area contributed by atoms with Crippen molar-refractivity contribution in [3.05, 3.63) is 51.0 Å². The Hall–Kier alpha value is -2.21. The maximum Gasteiger partial charge on any atom is 0.265 e. The topological polar surface area (TPSA) is 53.5 Å². The number of thiazole rings is 1. The third-order valence-electron chi connectivity index (χ3n) is 4.56. The van der Waals surface area contributed by atoms with Crippen molar-refractivity contribution < 1.29 is 9.59 Å². The number of benzene rings is 1. The van der Waals surface area contributed by atoms with Gasteiger partial charge in [0.2, 0.25) is 0 Å². The summed E-state index contributed by atoms with van der Waals surface area (Å²) in [7, 11) is 0. The van der Waals surface area contributed by atoms with Gasteiger partial charge in [-0.2, -0.15) is 0 Å². The maximum absolute atomic E-state index is 12.6. The van der Waals surface area contributed by atoms with Crippen molar-refractivity contribution in [3.63, 3.8) is 0 Å². The van der Waals surface area contributed by atoms with Crippen LogP contribution < -0.4 is 0 Å². The first-order valence-electron chi connectivity index (χ1n) is 8.61. The van der Waals surface area contributed by atoms with Gasteiger partial charge < -0.3 is 9.80 Å². The Kier molecular flexibility index (Phi) is 5.18. The molecule has 1 aliphatic heterocycles. The van der Waals surface area contributed by atoms with Gasteiger partial charge in [-0.15, -0.1) is 11.3 Å². The van der Waals surface area contributed by atoms with Crippen LogP contribution in [0.3, 0.4) is 0 Å². The van der Waals surface area contributed by atoms with Crippen LogP contribution >= 0.6 is 11.3 Å². The zero-order chi connectivity index (χ0) is 18.0. The van der Waals surface area contributed by atoms with Crippen LogP contribution in [0.4, 0.5) is 0 Å². The Morgan fingerprint density at radius 2 is 1.56 bits per heavy atom. The molecule has 6 heteroatoms. The number of piperazine rings is 1. The zero-order valence-electron chi connectivity index (χ0n) is 14.9. The largest absolute Gasteiger partial charge is 0.335 e. The van der Waals surface area contributed by atoms with E-state index in [4.69, 9.17) is 0 Å². The lowest BCUT2D eigenvalue weighted by Crippen LogP contribution is -2.50. The predicted octanol–water partition coefficient (Wildman–Crippen LogP) is 2.92. The number of aromatic nitrogens is 1. The highest BCUT2D eigenvalue weighted by Gasteiger charge is 2.27. The van der Waals surface area contributed by atoms with E-state index in [9.17, 15) is 9.59 Å². The zero-order valence-corrected chi connectivity index (χ0v) is 15.7. The van der Waals surface area contributed by atoms with E-state index in [-0.39, 0.29) is 11.8 Å². The molecule has 0 aliphatic carbocycles. The van der Waals surface area contributed by atoms with Crippen LogP contribution in [0.15, 0.2) is 24.3 Å². The monoisotopic (exact) mass is 357 g/mol. The van der Waals surface area contributed by atoms with Gasteiger partial charge in [0.25, 0.3) is 11.8 Å². The van der Waals surface area contributed by atoms with Crippen molar-refractivity contribution in [2.75, 3.05) is 26.2 Å². The third-order valence-corrected chi connectivity index (χ3v) is 5.62. The fourth-order valence-electron chi connectivity index (χ4n) is 3.05. The Morgan fingerprint density at radius 1 is 1.00 bits per heavy atom. The number of rotatable bonds is 3. The molecular weight excluding hydrogens is 334 g/mol. The highest BCUT2D eigenvalue weighted by Crippen LogP contribution is 2.20. The summed E-state index contributed by atoms with van der Waals surface area (Å²) in [6.07, 6.45) is 0.964. The van der Waals surface area contributed by atoms with Crippen LogP contribution in [0.25, 0.3) is 0 Å². The van der Waals surface area contributed by atoms with Crippen LogP contribution in [0, 0.1) is 13.8 Å². The second-order valence-electron chi connectivity index (χ2n) is 6.28. The Balaban J connectivity index is 1.62. The summed E-state index contributed by atoms with van der Waals surface area (Å²) in [5.41, 5.74) is 2.73. The minimum Gasteiger partial charge on any atom is -0.335 e. The number of nitrogens with zero attached hydrogens (tertiary/aromatic N) is 3. The van der Waals surface area contributed by atoms with Crippen LogP contribution in [0.5, 0.6) is 0 Å². The fourth-order valence-corrected chi connectivity index (χ4v) is 3.94. The molecule has 1 aromatic carbocycles. The molecule has 0 bridgehead atoms. The quantitative estimate of drug-likeness (QED) is 0.849. The first-order valence-corrected chi connectivity index (χ1v) is 9.42. The molecule has 25 heavy (non-hydrogen) atoms. The van der Waals surface area contributed by atoms with Crippen molar-refractivity contribution in [1.82, 2.24) is 14.8 Å². The Bertz CT molecular complexity index is 774. The van der Waals surface area contributed by atoms with Gasteiger partial charge in [0.05, 0.1) is 10.7 Å². The van der Waals surface area contributed by atoms with Crippen LogP contribution in [0.2, 0.25) is 0 Å². The van der Waals surface area contributed by atoms with Crippen LogP contribution in [0.1, 0.15) is 43.2 Å². The number of hydrogen-bond donors (Lipinski definition) is 0. The first-order chi connectivity index (χ1) is 12.0. The smallest absolute Gasteiger partial charge is 0.265 e. The molecule has 1 saturated heterocycles. The molecule has 1 aromatic heterocycles. The number of carbonyl (C=O) groups is 2. The summed E-state index contributed by atoms with van der Waals surface area (Å²) < 4.78 is 0. The molecular formula is C19H23N3O2S. The predicted molar refractivity (Wildman–Crippen MR) is 99.2 cm³/mol. The van der Waals surface area contributed by atoms with Gasteiger partial charge in [0.15, 0.2) is 0 Å². The Morgan fingerprint density at radius 3 is 2.04 bits per heavy atom. The standard InChI is InChI=1S/C19H23N3O2S/c1-4-15-5-7-16(8-6-15)18(23)21-9-11-22(12-10-21)19(24)17-13(2)20-14(3)25-17/h5-8H,4,9-12H2,1-3H3. The maximum atomic E-state index is 12.6. The van der Waals surface area contributed by atoms with E-state index in [0.717, 1.165) is 17.1 Å². The molecule has 1 fully saturated rings. The van der Waals surface area contributed by atoms with Crippen molar-refractivity contribution in [2.45, 2.75) is 27.2 Å². The second kappa shape index (κ2) is 7.35. The molecule has 0 radical (unpaired) electrons. The average molecular weight is 357 g/mol. The van der Waals surface area contributed by atoms with Crippen molar-refractivity contribution in [3.8, 4) is 0 Å². The van der Waals surface area contributed by atoms with Crippen molar-refractivity contribution in [2.24, 2.45) is 0 Å². The van der Waals surface area contributed by atoms with Crippen LogP contribution in [-0.4, -0.2) is 52.8 Å². The van der Waals surface area contributed by atoms with E-state index >= 15 is 0 Å². The molecule has 0 atom stereocenters. The molecule has 0 spiro atoms. The molecule has 132 valence electrons. The van der Waals surface area contributed by atoms with E-state index in [1.807, 2.05) is 47.9 Å². The summed E-state index contributed by atoms with van der Waals surface area (Å²) in [5.74, 6) is 0.0714. The third kappa shape index (κ3) is 3.74. The molecule has 0 unspecified atom stereocenters. The number of amides is 2. The highest BCUT2D eigenvalue weighted by atomic mass is 32.1. The normalized spacial score (nSPS) is 14.7. The lowest BCUT2D eigenvalue weighted by atomic mass is 10.1. The fraction of sp³-hybridized carbons (Fsp3) is 0.421. The summed E-state index contributed by atoms with van der Waals surface area (Å²) in [6, 6.07) is 7.79. The van der Waals surface area contributed by atoms with E-state index in [1.165, 1.54) is 16.9 Å².